The zero-order valence-electron chi connectivity index (χ0n) is 10.3. The average molecular weight is 236 g/mol. The van der Waals surface area contributed by atoms with Gasteiger partial charge in [-0.3, -0.25) is 0 Å². The average Bonchev–Trinajstić information content (AvgIpc) is 2.65. The van der Waals surface area contributed by atoms with Crippen molar-refractivity contribution in [1.82, 2.24) is 0 Å². The molecule has 0 fully saturated rings. The molecular weight excluding hydrogens is 216 g/mol. The molecule has 0 amide bonds. The van der Waals surface area contributed by atoms with Crippen LogP contribution in [-0.4, -0.2) is 5.11 Å². The molecule has 0 bridgehead atoms. The van der Waals surface area contributed by atoms with E-state index >= 15 is 0 Å². The van der Waals surface area contributed by atoms with Crippen LogP contribution in [-0.2, 0) is 6.61 Å². The summed E-state index contributed by atoms with van der Waals surface area (Å²) < 4.78 is 0. The van der Waals surface area contributed by atoms with E-state index < -0.39 is 0 Å². The van der Waals surface area contributed by atoms with Gasteiger partial charge in [-0.2, -0.15) is 0 Å². The molecule has 0 atom stereocenters. The van der Waals surface area contributed by atoms with Crippen molar-refractivity contribution in [3.8, 4) is 0 Å². The molecule has 16 heavy (non-hydrogen) atoms. The van der Waals surface area contributed by atoms with E-state index in [2.05, 4.69) is 39.0 Å². The molecule has 1 N–H and O–H groups in total. The molecule has 1 aromatic heterocycles. The minimum Gasteiger partial charge on any atom is -0.391 e. The minimum absolute atomic E-state index is 0.148. The van der Waals surface area contributed by atoms with Crippen LogP contribution < -0.4 is 0 Å². The largest absolute Gasteiger partial charge is 0.391 e. The maximum atomic E-state index is 8.97. The molecule has 1 rings (SSSR count). The van der Waals surface area contributed by atoms with Crippen LogP contribution in [0.1, 0.15) is 43.4 Å². The molecular formula is C14H20OS. The van der Waals surface area contributed by atoms with Gasteiger partial charge in [0.05, 0.1) is 6.61 Å². The van der Waals surface area contributed by atoms with Crippen molar-refractivity contribution in [2.24, 2.45) is 0 Å². The van der Waals surface area contributed by atoms with E-state index in [0.29, 0.717) is 0 Å². The highest BCUT2D eigenvalue weighted by Gasteiger charge is 1.97. The fourth-order valence-electron chi connectivity index (χ4n) is 1.46. The summed E-state index contributed by atoms with van der Waals surface area (Å²) in [7, 11) is 0. The molecule has 0 aromatic carbocycles. The lowest BCUT2D eigenvalue weighted by Gasteiger charge is -1.97. The van der Waals surface area contributed by atoms with E-state index in [4.69, 9.17) is 5.11 Å². The van der Waals surface area contributed by atoms with Crippen molar-refractivity contribution in [2.75, 3.05) is 0 Å². The van der Waals surface area contributed by atoms with E-state index in [1.165, 1.54) is 16.0 Å². The Morgan fingerprint density at radius 2 is 2.06 bits per heavy atom. The number of aliphatic hydroxyl groups excluding tert-OH is 1. The second-order valence-corrected chi connectivity index (χ2v) is 5.47. The third kappa shape index (κ3) is 4.77. The quantitative estimate of drug-likeness (QED) is 0.752. The molecule has 1 heterocycles. The van der Waals surface area contributed by atoms with E-state index in [1.54, 1.807) is 11.3 Å². The summed E-state index contributed by atoms with van der Waals surface area (Å²) in [4.78, 5) is 2.27. The summed E-state index contributed by atoms with van der Waals surface area (Å²) in [5.41, 5.74) is 2.77. The molecule has 0 saturated carbocycles. The second-order valence-electron chi connectivity index (χ2n) is 4.27. The van der Waals surface area contributed by atoms with Gasteiger partial charge >= 0.3 is 0 Å². The van der Waals surface area contributed by atoms with Gasteiger partial charge < -0.3 is 5.11 Å². The molecule has 1 nitrogen and oxygen atoms in total. The van der Waals surface area contributed by atoms with Crippen LogP contribution in [0, 0.1) is 0 Å². The first-order valence-corrected chi connectivity index (χ1v) is 6.43. The summed E-state index contributed by atoms with van der Waals surface area (Å²) in [6.45, 7) is 6.57. The van der Waals surface area contributed by atoms with Crippen molar-refractivity contribution in [3.63, 3.8) is 0 Å². The van der Waals surface area contributed by atoms with Gasteiger partial charge in [0.15, 0.2) is 0 Å². The topological polar surface area (TPSA) is 20.2 Å². The highest BCUT2D eigenvalue weighted by atomic mass is 32.1. The standard InChI is InChI=1S/C14H20OS/c1-11(2)5-4-6-12(3)9-13-7-8-14(10-15)16-13/h5,7-9,15H,4,6,10H2,1-3H3/b12-9+. The van der Waals surface area contributed by atoms with Crippen LogP contribution in [0.4, 0.5) is 0 Å². The van der Waals surface area contributed by atoms with E-state index in [0.717, 1.165) is 17.7 Å². The fourth-order valence-corrected chi connectivity index (χ4v) is 2.36. The zero-order valence-corrected chi connectivity index (χ0v) is 11.1. The van der Waals surface area contributed by atoms with Gasteiger partial charge in [-0.25, -0.2) is 0 Å². The molecule has 0 saturated heterocycles. The van der Waals surface area contributed by atoms with Gasteiger partial charge in [0.2, 0.25) is 0 Å². The molecule has 0 aliphatic rings. The molecule has 2 heteroatoms. The lowest BCUT2D eigenvalue weighted by Crippen LogP contribution is -1.76. The molecule has 0 radical (unpaired) electrons. The van der Waals surface area contributed by atoms with Crippen LogP contribution >= 0.6 is 11.3 Å². The smallest absolute Gasteiger partial charge is 0.0774 e. The van der Waals surface area contributed by atoms with Crippen LogP contribution in [0.25, 0.3) is 6.08 Å². The van der Waals surface area contributed by atoms with E-state index in [9.17, 15) is 0 Å². The Balaban J connectivity index is 2.52. The van der Waals surface area contributed by atoms with E-state index in [-0.39, 0.29) is 6.61 Å². The molecule has 88 valence electrons. The third-order valence-electron chi connectivity index (χ3n) is 2.32. The van der Waals surface area contributed by atoms with Crippen LogP contribution in [0.3, 0.4) is 0 Å². The SMILES string of the molecule is CC(C)=CCC/C(C)=C/c1ccc(CO)s1. The van der Waals surface area contributed by atoms with Crippen molar-refractivity contribution in [3.05, 3.63) is 39.1 Å². The number of aliphatic hydroxyl groups is 1. The maximum Gasteiger partial charge on any atom is 0.0774 e. The number of thiophene rings is 1. The summed E-state index contributed by atoms with van der Waals surface area (Å²) in [6.07, 6.45) is 6.70. The minimum atomic E-state index is 0.148. The predicted octanol–water partition coefficient (Wildman–Crippen LogP) is 4.39. The molecule has 1 aromatic rings. The van der Waals surface area contributed by atoms with Gasteiger partial charge in [-0.05, 0) is 51.8 Å². The first-order chi connectivity index (χ1) is 7.61. The molecule has 0 aliphatic heterocycles. The fraction of sp³-hybridized carbons (Fsp3) is 0.429. The Bertz CT molecular complexity index is 381. The van der Waals surface area contributed by atoms with Crippen LogP contribution in [0.2, 0.25) is 0 Å². The number of rotatable bonds is 5. The Morgan fingerprint density at radius 3 is 2.62 bits per heavy atom. The summed E-state index contributed by atoms with van der Waals surface area (Å²) >= 11 is 1.66. The Kier molecular flexibility index (Phi) is 5.50. The second kappa shape index (κ2) is 6.66. The Morgan fingerprint density at radius 1 is 1.31 bits per heavy atom. The van der Waals surface area contributed by atoms with Crippen molar-refractivity contribution < 1.29 is 5.11 Å². The molecule has 0 spiro atoms. The van der Waals surface area contributed by atoms with Crippen LogP contribution in [0.5, 0.6) is 0 Å². The Hall–Kier alpha value is -0.860. The lowest BCUT2D eigenvalue weighted by atomic mass is 10.1. The van der Waals surface area contributed by atoms with E-state index in [1.807, 2.05) is 6.07 Å². The summed E-state index contributed by atoms with van der Waals surface area (Å²) in [6, 6.07) is 4.06. The highest BCUT2D eigenvalue weighted by Crippen LogP contribution is 2.20. The summed E-state index contributed by atoms with van der Waals surface area (Å²) in [5, 5.41) is 8.97. The maximum absolute atomic E-state index is 8.97. The lowest BCUT2D eigenvalue weighted by molar-refractivity contribution is 0.285. The van der Waals surface area contributed by atoms with Gasteiger partial charge in [-0.15, -0.1) is 11.3 Å². The van der Waals surface area contributed by atoms with Gasteiger partial charge in [0.1, 0.15) is 0 Å². The number of hydrogen-bond acceptors (Lipinski definition) is 2. The van der Waals surface area contributed by atoms with Crippen molar-refractivity contribution in [1.29, 1.82) is 0 Å². The summed E-state index contributed by atoms with van der Waals surface area (Å²) in [5.74, 6) is 0. The molecule has 0 aliphatic carbocycles. The highest BCUT2D eigenvalue weighted by molar-refractivity contribution is 7.12. The normalized spacial score (nSPS) is 11.6. The van der Waals surface area contributed by atoms with Crippen LogP contribution in [0.15, 0.2) is 29.4 Å². The van der Waals surface area contributed by atoms with Gasteiger partial charge in [0.25, 0.3) is 0 Å². The first-order valence-electron chi connectivity index (χ1n) is 5.62. The van der Waals surface area contributed by atoms with Gasteiger partial charge in [0, 0.05) is 9.75 Å². The Labute approximate surface area is 102 Å². The predicted molar refractivity (Wildman–Crippen MR) is 72.6 cm³/mol. The number of allylic oxidation sites excluding steroid dienone is 3. The third-order valence-corrected chi connectivity index (χ3v) is 3.34. The zero-order chi connectivity index (χ0) is 12.0. The number of hydrogen-bond donors (Lipinski definition) is 1. The van der Waals surface area contributed by atoms with Crippen molar-refractivity contribution in [2.45, 2.75) is 40.2 Å². The molecule has 0 unspecified atom stereocenters. The monoisotopic (exact) mass is 236 g/mol. The van der Waals surface area contributed by atoms with Gasteiger partial charge in [-0.1, -0.05) is 17.2 Å². The first kappa shape index (κ1) is 13.2. The van der Waals surface area contributed by atoms with Crippen molar-refractivity contribution >= 4 is 17.4 Å².